The van der Waals surface area contributed by atoms with Crippen LogP contribution in [0.4, 0.5) is 0 Å². The third-order valence-electron chi connectivity index (χ3n) is 6.01. The van der Waals surface area contributed by atoms with Gasteiger partial charge in [-0.25, -0.2) is 0 Å². The number of amides is 1. The number of nitrogens with one attached hydrogen (secondary N) is 1. The molecule has 2 N–H and O–H groups in total. The molecule has 18 nitrogen and oxygen atoms in total. The Bertz CT molecular complexity index is 1090. The van der Waals surface area contributed by atoms with E-state index in [1.165, 1.54) is 0 Å². The van der Waals surface area contributed by atoms with Crippen molar-refractivity contribution in [3.63, 3.8) is 0 Å². The molecule has 0 aliphatic carbocycles. The molecule has 2 heterocycles. The van der Waals surface area contributed by atoms with E-state index in [0.717, 1.165) is 48.5 Å². The fraction of sp³-hybridized carbons (Fsp3) is 0.731. The number of rotatable bonds is 11. The van der Waals surface area contributed by atoms with E-state index in [9.17, 15) is 38.7 Å². The quantitative estimate of drug-likeness (QED) is 0.188. The van der Waals surface area contributed by atoms with E-state index in [2.05, 4.69) is 5.32 Å². The van der Waals surface area contributed by atoms with Crippen LogP contribution in [0.25, 0.3) is 0 Å². The van der Waals surface area contributed by atoms with Crippen LogP contribution in [0.15, 0.2) is 0 Å². The van der Waals surface area contributed by atoms with Gasteiger partial charge in [0.05, 0.1) is 6.61 Å². The Hall–Kier alpha value is -3.87. The molecule has 2 aliphatic heterocycles. The molecule has 2 rings (SSSR count). The number of ether oxygens (including phenoxy) is 9. The van der Waals surface area contributed by atoms with Crippen molar-refractivity contribution in [1.82, 2.24) is 5.32 Å². The van der Waals surface area contributed by atoms with Crippen molar-refractivity contribution in [2.24, 2.45) is 0 Å². The Morgan fingerprint density at radius 1 is 0.568 bits per heavy atom. The van der Waals surface area contributed by atoms with Crippen LogP contribution in [0.1, 0.15) is 48.5 Å². The average molecular weight is 636 g/mol. The van der Waals surface area contributed by atoms with Crippen LogP contribution in [0, 0.1) is 0 Å². The fourth-order valence-corrected chi connectivity index (χ4v) is 4.62. The minimum Gasteiger partial charge on any atom is -0.463 e. The standard InChI is InChI=1S/C26H37NO17/c1-10(28)27-19-22(40-14(5)32)20(38-12(3)30)17(43-25(19)35)9-37-26-24(42-16(7)34)23(41-15(6)33)21(39-13(4)31)18(44-26)8-36-11(2)29/h17-26,35H,8-9H2,1-7H3,(H,27,28). The average Bonchev–Trinajstić information content (AvgIpc) is 2.87. The molecule has 0 bridgehead atoms. The summed E-state index contributed by atoms with van der Waals surface area (Å²) in [5.74, 6) is -5.59. The summed E-state index contributed by atoms with van der Waals surface area (Å²) in [4.78, 5) is 83.2. The summed E-state index contributed by atoms with van der Waals surface area (Å²) in [5.41, 5.74) is 0. The fourth-order valence-electron chi connectivity index (χ4n) is 4.62. The van der Waals surface area contributed by atoms with Crippen molar-refractivity contribution in [3.05, 3.63) is 0 Å². The van der Waals surface area contributed by atoms with E-state index in [1.54, 1.807) is 0 Å². The van der Waals surface area contributed by atoms with Crippen LogP contribution >= 0.6 is 0 Å². The van der Waals surface area contributed by atoms with Gasteiger partial charge >= 0.3 is 35.8 Å². The molecular formula is C26H37NO17. The largest absolute Gasteiger partial charge is 0.463 e. The molecular weight excluding hydrogens is 598 g/mol. The maximum Gasteiger partial charge on any atom is 0.303 e. The van der Waals surface area contributed by atoms with E-state index >= 15 is 0 Å². The number of aliphatic hydroxyl groups is 1. The molecule has 248 valence electrons. The van der Waals surface area contributed by atoms with Gasteiger partial charge in [-0.3, -0.25) is 33.6 Å². The summed E-state index contributed by atoms with van der Waals surface area (Å²) in [6, 6.07) is -1.36. The molecule has 1 amide bonds. The maximum atomic E-state index is 12.1. The molecule has 2 saturated heterocycles. The molecule has 0 aromatic rings. The van der Waals surface area contributed by atoms with E-state index in [0.29, 0.717) is 0 Å². The highest BCUT2D eigenvalue weighted by atomic mass is 16.7. The number of hydrogen-bond donors (Lipinski definition) is 2. The number of hydrogen-bond acceptors (Lipinski definition) is 17. The van der Waals surface area contributed by atoms with E-state index in [1.807, 2.05) is 0 Å². The van der Waals surface area contributed by atoms with Crippen molar-refractivity contribution >= 4 is 41.7 Å². The Kier molecular flexibility index (Phi) is 13.4. The van der Waals surface area contributed by atoms with Gasteiger partial charge in [-0.2, -0.15) is 0 Å². The molecule has 10 atom stereocenters. The Balaban J connectivity index is 2.48. The molecule has 44 heavy (non-hydrogen) atoms. The minimum atomic E-state index is -1.79. The van der Waals surface area contributed by atoms with Crippen molar-refractivity contribution in [2.45, 2.75) is 110 Å². The van der Waals surface area contributed by atoms with Gasteiger partial charge in [-0.15, -0.1) is 0 Å². The monoisotopic (exact) mass is 635 g/mol. The second kappa shape index (κ2) is 16.3. The predicted molar refractivity (Wildman–Crippen MR) is 138 cm³/mol. The second-order valence-electron chi connectivity index (χ2n) is 9.84. The molecule has 0 aromatic carbocycles. The highest BCUT2D eigenvalue weighted by Gasteiger charge is 2.54. The molecule has 2 fully saturated rings. The highest BCUT2D eigenvalue weighted by Crippen LogP contribution is 2.32. The number of aliphatic hydroxyl groups excluding tert-OH is 1. The van der Waals surface area contributed by atoms with Gasteiger partial charge in [-0.05, 0) is 0 Å². The second-order valence-corrected chi connectivity index (χ2v) is 9.84. The third-order valence-corrected chi connectivity index (χ3v) is 6.01. The highest BCUT2D eigenvalue weighted by molar-refractivity contribution is 5.74. The van der Waals surface area contributed by atoms with Crippen LogP contribution in [0.5, 0.6) is 0 Å². The van der Waals surface area contributed by atoms with Crippen molar-refractivity contribution < 1.29 is 81.3 Å². The minimum absolute atomic E-state index is 0.515. The lowest BCUT2D eigenvalue weighted by Crippen LogP contribution is -2.66. The van der Waals surface area contributed by atoms with Crippen LogP contribution in [0.3, 0.4) is 0 Å². The predicted octanol–water partition coefficient (Wildman–Crippen LogP) is -1.83. The summed E-state index contributed by atoms with van der Waals surface area (Å²) in [5, 5.41) is 13.1. The van der Waals surface area contributed by atoms with Gasteiger partial charge in [0.25, 0.3) is 0 Å². The zero-order valence-electron chi connectivity index (χ0n) is 25.2. The normalized spacial score (nSPS) is 31.5. The van der Waals surface area contributed by atoms with Crippen LogP contribution in [-0.2, 0) is 76.2 Å². The molecule has 0 saturated carbocycles. The van der Waals surface area contributed by atoms with Crippen molar-refractivity contribution in [3.8, 4) is 0 Å². The zero-order valence-corrected chi connectivity index (χ0v) is 25.2. The van der Waals surface area contributed by atoms with E-state index in [-0.39, 0.29) is 0 Å². The summed E-state index contributed by atoms with van der Waals surface area (Å²) in [7, 11) is 0. The van der Waals surface area contributed by atoms with Gasteiger partial charge < -0.3 is 53.1 Å². The number of carbonyl (C=O) groups is 7. The summed E-state index contributed by atoms with van der Waals surface area (Å²) >= 11 is 0. The van der Waals surface area contributed by atoms with Gasteiger partial charge in [-0.1, -0.05) is 0 Å². The zero-order chi connectivity index (χ0) is 33.3. The lowest BCUT2D eigenvalue weighted by Gasteiger charge is -2.46. The first-order valence-corrected chi connectivity index (χ1v) is 13.4. The van der Waals surface area contributed by atoms with Gasteiger partial charge in [0.1, 0.15) is 24.9 Å². The van der Waals surface area contributed by atoms with E-state index in [4.69, 9.17) is 42.6 Å². The van der Waals surface area contributed by atoms with Crippen molar-refractivity contribution in [2.75, 3.05) is 13.2 Å². The topological polar surface area (TPSA) is 235 Å². The summed E-state index contributed by atoms with van der Waals surface area (Å²) < 4.78 is 48.9. The third kappa shape index (κ3) is 10.7. The maximum absolute atomic E-state index is 12.1. The van der Waals surface area contributed by atoms with Gasteiger partial charge in [0.2, 0.25) is 5.91 Å². The molecule has 0 spiro atoms. The van der Waals surface area contributed by atoms with Crippen LogP contribution in [-0.4, -0.2) is 121 Å². The van der Waals surface area contributed by atoms with Crippen LogP contribution in [0.2, 0.25) is 0 Å². The van der Waals surface area contributed by atoms with Crippen LogP contribution < -0.4 is 5.32 Å². The lowest BCUT2D eigenvalue weighted by atomic mass is 9.96. The first kappa shape index (κ1) is 36.3. The Labute approximate surface area is 251 Å². The Morgan fingerprint density at radius 2 is 1.00 bits per heavy atom. The van der Waals surface area contributed by atoms with Crippen molar-refractivity contribution in [1.29, 1.82) is 0 Å². The number of esters is 6. The van der Waals surface area contributed by atoms with Gasteiger partial charge in [0, 0.05) is 48.5 Å². The molecule has 0 radical (unpaired) electrons. The molecule has 0 aromatic heterocycles. The van der Waals surface area contributed by atoms with Gasteiger partial charge in [0.15, 0.2) is 43.1 Å². The molecule has 10 unspecified atom stereocenters. The van der Waals surface area contributed by atoms with E-state index < -0.39 is 116 Å². The Morgan fingerprint density at radius 3 is 1.48 bits per heavy atom. The summed E-state index contributed by atoms with van der Waals surface area (Å²) in [6.45, 7) is 6.37. The lowest BCUT2D eigenvalue weighted by molar-refractivity contribution is -0.322. The smallest absolute Gasteiger partial charge is 0.303 e. The first-order chi connectivity index (χ1) is 20.5. The molecule has 18 heteroatoms. The summed E-state index contributed by atoms with van der Waals surface area (Å²) in [6.07, 6.45) is -13.6. The number of carbonyl (C=O) groups excluding carboxylic acids is 7. The SMILES string of the molecule is CC(=O)NC1C(O)OC(COC2OC(COC(C)=O)C(OC(C)=O)C(OC(C)=O)C2OC(C)=O)C(OC(C)=O)C1OC(C)=O. The molecule has 2 aliphatic rings. The first-order valence-electron chi connectivity index (χ1n) is 13.4.